The third-order valence-corrected chi connectivity index (χ3v) is 4.34. The second-order valence-electron chi connectivity index (χ2n) is 5.95. The molecule has 0 radical (unpaired) electrons. The Balaban J connectivity index is 2.02. The summed E-state index contributed by atoms with van der Waals surface area (Å²) >= 11 is 3.32. The van der Waals surface area contributed by atoms with E-state index in [0.717, 1.165) is 11.8 Å². The Morgan fingerprint density at radius 3 is 2.96 bits per heavy atom. The van der Waals surface area contributed by atoms with Gasteiger partial charge in [-0.3, -0.25) is 14.6 Å². The predicted molar refractivity (Wildman–Crippen MR) is 105 cm³/mol. The van der Waals surface area contributed by atoms with Gasteiger partial charge in [-0.2, -0.15) is 9.78 Å². The van der Waals surface area contributed by atoms with Gasteiger partial charge in [0, 0.05) is 29.6 Å². The molecule has 3 rings (SSSR count). The van der Waals surface area contributed by atoms with Crippen molar-refractivity contribution in [3.8, 4) is 17.4 Å². The lowest BCUT2D eigenvalue weighted by molar-refractivity contribution is -0.116. The maximum absolute atomic E-state index is 12.2. The standard InChI is InChI=1S/C18H20BrN5O3/c1-2-5-12-10-17(26)22-18(20-12)24-15(21-16(25)7-3-8-19)11-13(23-24)14-6-4-9-27-14/h4,6,9-11H,2-3,5,7-8H2,1H3,(H,21,25)(H,20,22,26). The lowest BCUT2D eigenvalue weighted by Crippen LogP contribution is -2.19. The van der Waals surface area contributed by atoms with Crippen LogP contribution in [-0.2, 0) is 11.2 Å². The molecule has 0 bridgehead atoms. The average molecular weight is 434 g/mol. The fourth-order valence-electron chi connectivity index (χ4n) is 2.59. The number of halogens is 1. The van der Waals surface area contributed by atoms with Crippen molar-refractivity contribution in [1.82, 2.24) is 19.7 Å². The first kappa shape index (κ1) is 19.1. The number of H-pyrrole nitrogens is 1. The van der Waals surface area contributed by atoms with Crippen LogP contribution in [0, 0.1) is 0 Å². The van der Waals surface area contributed by atoms with E-state index in [1.165, 1.54) is 10.7 Å². The molecule has 0 aromatic carbocycles. The minimum atomic E-state index is -0.268. The molecule has 3 aromatic rings. The summed E-state index contributed by atoms with van der Waals surface area (Å²) in [5.74, 6) is 1.07. The second kappa shape index (κ2) is 8.81. The van der Waals surface area contributed by atoms with Gasteiger partial charge in [-0.05, 0) is 25.0 Å². The molecule has 8 nitrogen and oxygen atoms in total. The van der Waals surface area contributed by atoms with Crippen LogP contribution < -0.4 is 10.9 Å². The predicted octanol–water partition coefficient (Wildman–Crippen LogP) is 3.28. The van der Waals surface area contributed by atoms with Crippen molar-refractivity contribution in [2.45, 2.75) is 32.6 Å². The van der Waals surface area contributed by atoms with E-state index in [1.807, 2.05) is 6.92 Å². The fourth-order valence-corrected chi connectivity index (χ4v) is 2.87. The number of furan rings is 1. The van der Waals surface area contributed by atoms with Gasteiger partial charge in [0.2, 0.25) is 11.9 Å². The number of anilines is 1. The molecule has 0 spiro atoms. The Kier molecular flexibility index (Phi) is 6.23. The SMILES string of the molecule is CCCc1cc(=O)[nH]c(-n2nc(-c3ccco3)cc2NC(=O)CCCBr)n1. The van der Waals surface area contributed by atoms with Crippen LogP contribution in [0.15, 0.2) is 39.7 Å². The number of amides is 1. The highest BCUT2D eigenvalue weighted by atomic mass is 79.9. The largest absolute Gasteiger partial charge is 0.463 e. The molecule has 2 N–H and O–H groups in total. The Morgan fingerprint density at radius 1 is 1.41 bits per heavy atom. The van der Waals surface area contributed by atoms with Crippen molar-refractivity contribution < 1.29 is 9.21 Å². The van der Waals surface area contributed by atoms with Gasteiger partial charge in [-0.15, -0.1) is 0 Å². The molecule has 0 atom stereocenters. The van der Waals surface area contributed by atoms with Gasteiger partial charge in [-0.1, -0.05) is 29.3 Å². The van der Waals surface area contributed by atoms with Crippen LogP contribution in [0.5, 0.6) is 0 Å². The topological polar surface area (TPSA) is 106 Å². The van der Waals surface area contributed by atoms with Crippen molar-refractivity contribution in [1.29, 1.82) is 0 Å². The molecule has 3 aromatic heterocycles. The van der Waals surface area contributed by atoms with Gasteiger partial charge in [0.25, 0.3) is 5.56 Å². The van der Waals surface area contributed by atoms with E-state index >= 15 is 0 Å². The van der Waals surface area contributed by atoms with Crippen LogP contribution >= 0.6 is 15.9 Å². The first-order chi connectivity index (χ1) is 13.1. The highest BCUT2D eigenvalue weighted by Crippen LogP contribution is 2.24. The summed E-state index contributed by atoms with van der Waals surface area (Å²) in [7, 11) is 0. The highest BCUT2D eigenvalue weighted by molar-refractivity contribution is 9.09. The minimum absolute atomic E-state index is 0.145. The number of carbonyl (C=O) groups excluding carboxylic acids is 1. The molecular weight excluding hydrogens is 414 g/mol. The Bertz CT molecular complexity index is 962. The van der Waals surface area contributed by atoms with Gasteiger partial charge in [0.15, 0.2) is 5.76 Å². The highest BCUT2D eigenvalue weighted by Gasteiger charge is 2.17. The Morgan fingerprint density at radius 2 is 2.26 bits per heavy atom. The molecule has 0 saturated heterocycles. The third kappa shape index (κ3) is 4.73. The maximum Gasteiger partial charge on any atom is 0.252 e. The molecule has 0 aliphatic heterocycles. The van der Waals surface area contributed by atoms with Crippen LogP contribution in [0.2, 0.25) is 0 Å². The van der Waals surface area contributed by atoms with Crippen LogP contribution in [0.1, 0.15) is 31.9 Å². The number of aromatic amines is 1. The molecule has 27 heavy (non-hydrogen) atoms. The number of hydrogen-bond donors (Lipinski definition) is 2. The molecular formula is C18H20BrN5O3. The first-order valence-corrected chi connectivity index (χ1v) is 9.83. The summed E-state index contributed by atoms with van der Waals surface area (Å²) in [6, 6.07) is 6.69. The summed E-state index contributed by atoms with van der Waals surface area (Å²) in [5.41, 5.74) is 0.928. The van der Waals surface area contributed by atoms with Crippen LogP contribution in [0.25, 0.3) is 17.4 Å². The monoisotopic (exact) mass is 433 g/mol. The molecule has 142 valence electrons. The van der Waals surface area contributed by atoms with Gasteiger partial charge in [-0.25, -0.2) is 4.98 Å². The molecule has 0 aliphatic rings. The molecule has 9 heteroatoms. The zero-order valence-electron chi connectivity index (χ0n) is 14.9. The second-order valence-corrected chi connectivity index (χ2v) is 6.75. The summed E-state index contributed by atoms with van der Waals surface area (Å²) in [4.78, 5) is 31.4. The van der Waals surface area contributed by atoms with E-state index in [2.05, 4.69) is 36.3 Å². The average Bonchev–Trinajstić information content (AvgIpc) is 3.29. The van der Waals surface area contributed by atoms with Crippen molar-refractivity contribution in [2.24, 2.45) is 0 Å². The number of nitrogens with one attached hydrogen (secondary N) is 2. The number of carbonyl (C=O) groups is 1. The van der Waals surface area contributed by atoms with Crippen LogP contribution in [0.3, 0.4) is 0 Å². The minimum Gasteiger partial charge on any atom is -0.463 e. The molecule has 0 fully saturated rings. The summed E-state index contributed by atoms with van der Waals surface area (Å²) in [6.45, 7) is 2.01. The third-order valence-electron chi connectivity index (χ3n) is 3.78. The number of aromatic nitrogens is 4. The van der Waals surface area contributed by atoms with Crippen molar-refractivity contribution in [2.75, 3.05) is 10.6 Å². The number of hydrogen-bond acceptors (Lipinski definition) is 5. The summed E-state index contributed by atoms with van der Waals surface area (Å²) in [6.07, 6.45) is 4.17. The molecule has 3 heterocycles. The molecule has 0 saturated carbocycles. The van der Waals surface area contributed by atoms with E-state index in [1.54, 1.807) is 24.5 Å². The Labute approximate surface area is 164 Å². The molecule has 1 amide bonds. The smallest absolute Gasteiger partial charge is 0.252 e. The zero-order chi connectivity index (χ0) is 19.2. The number of alkyl halides is 1. The van der Waals surface area contributed by atoms with E-state index in [0.29, 0.717) is 42.2 Å². The van der Waals surface area contributed by atoms with Crippen molar-refractivity contribution in [3.63, 3.8) is 0 Å². The van der Waals surface area contributed by atoms with Crippen LogP contribution in [-0.4, -0.2) is 31.0 Å². The normalized spacial score (nSPS) is 10.9. The van der Waals surface area contributed by atoms with Crippen molar-refractivity contribution >= 4 is 27.7 Å². The van der Waals surface area contributed by atoms with E-state index in [4.69, 9.17) is 4.42 Å². The van der Waals surface area contributed by atoms with Gasteiger partial charge >= 0.3 is 0 Å². The van der Waals surface area contributed by atoms with E-state index in [-0.39, 0.29) is 17.4 Å². The van der Waals surface area contributed by atoms with Crippen molar-refractivity contribution in [3.05, 3.63) is 46.6 Å². The molecule has 0 unspecified atom stereocenters. The van der Waals surface area contributed by atoms with Crippen LogP contribution in [0.4, 0.5) is 5.82 Å². The number of rotatable bonds is 8. The zero-order valence-corrected chi connectivity index (χ0v) is 16.5. The lowest BCUT2D eigenvalue weighted by Gasteiger charge is -2.08. The van der Waals surface area contributed by atoms with E-state index < -0.39 is 0 Å². The van der Waals surface area contributed by atoms with Gasteiger partial charge in [0.05, 0.1) is 6.26 Å². The fraction of sp³-hybridized carbons (Fsp3) is 0.333. The lowest BCUT2D eigenvalue weighted by atomic mass is 10.2. The number of aryl methyl sites for hydroxylation is 1. The first-order valence-electron chi connectivity index (χ1n) is 8.71. The van der Waals surface area contributed by atoms with E-state index in [9.17, 15) is 9.59 Å². The maximum atomic E-state index is 12.2. The van der Waals surface area contributed by atoms with Gasteiger partial charge in [0.1, 0.15) is 11.5 Å². The Hall–Kier alpha value is -2.68. The number of nitrogens with zero attached hydrogens (tertiary/aromatic N) is 3. The molecule has 0 aliphatic carbocycles. The summed E-state index contributed by atoms with van der Waals surface area (Å²) < 4.78 is 6.81. The van der Waals surface area contributed by atoms with Gasteiger partial charge < -0.3 is 9.73 Å². The quantitative estimate of drug-likeness (QED) is 0.530. The summed E-state index contributed by atoms with van der Waals surface area (Å²) in [5, 5.41) is 8.04.